The lowest BCUT2D eigenvalue weighted by Crippen LogP contribution is -2.23. The molecule has 160 valence electrons. The highest BCUT2D eigenvalue weighted by molar-refractivity contribution is 5.90. The minimum atomic E-state index is -0.523. The van der Waals surface area contributed by atoms with Crippen molar-refractivity contribution in [1.82, 2.24) is 9.78 Å². The quantitative estimate of drug-likeness (QED) is 0.416. The van der Waals surface area contributed by atoms with Crippen molar-refractivity contribution < 1.29 is 14.5 Å². The molecule has 1 heterocycles. The van der Waals surface area contributed by atoms with Crippen LogP contribution in [-0.2, 0) is 11.3 Å². The highest BCUT2D eigenvalue weighted by Crippen LogP contribution is 2.20. The number of carbonyl (C=O) groups is 1. The minimum Gasteiger partial charge on any atom is -0.494 e. The molecule has 31 heavy (non-hydrogen) atoms. The summed E-state index contributed by atoms with van der Waals surface area (Å²) in [4.78, 5) is 34.6. The third kappa shape index (κ3) is 5.99. The van der Waals surface area contributed by atoms with E-state index in [4.69, 9.17) is 4.74 Å². The predicted molar refractivity (Wildman–Crippen MR) is 116 cm³/mol. The van der Waals surface area contributed by atoms with Crippen LogP contribution in [0.4, 0.5) is 11.4 Å². The van der Waals surface area contributed by atoms with E-state index in [9.17, 15) is 19.7 Å². The van der Waals surface area contributed by atoms with E-state index >= 15 is 0 Å². The van der Waals surface area contributed by atoms with Crippen molar-refractivity contribution in [3.63, 3.8) is 0 Å². The average Bonchev–Trinajstić information content (AvgIpc) is 2.76. The number of anilines is 1. The van der Waals surface area contributed by atoms with Gasteiger partial charge >= 0.3 is 0 Å². The summed E-state index contributed by atoms with van der Waals surface area (Å²) >= 11 is 0. The molecule has 1 aromatic heterocycles. The molecule has 0 bridgehead atoms. The fourth-order valence-electron chi connectivity index (χ4n) is 2.96. The molecule has 0 aliphatic rings. The monoisotopic (exact) mass is 422 g/mol. The van der Waals surface area contributed by atoms with E-state index in [1.54, 1.807) is 12.1 Å². The van der Waals surface area contributed by atoms with Gasteiger partial charge in [-0.1, -0.05) is 6.07 Å². The van der Waals surface area contributed by atoms with Crippen molar-refractivity contribution in [3.05, 3.63) is 81.1 Å². The Morgan fingerprint density at radius 3 is 2.65 bits per heavy atom. The molecule has 9 heteroatoms. The molecule has 3 aromatic rings. The van der Waals surface area contributed by atoms with Gasteiger partial charge in [-0.05, 0) is 49.7 Å². The van der Waals surface area contributed by atoms with Gasteiger partial charge in [-0.3, -0.25) is 19.7 Å². The third-order valence-corrected chi connectivity index (χ3v) is 4.44. The topological polar surface area (TPSA) is 116 Å². The molecule has 0 spiro atoms. The first-order chi connectivity index (χ1) is 15.0. The normalized spacial score (nSPS) is 10.5. The first-order valence-corrected chi connectivity index (χ1v) is 9.82. The van der Waals surface area contributed by atoms with Gasteiger partial charge in [-0.2, -0.15) is 5.10 Å². The van der Waals surface area contributed by atoms with Crippen LogP contribution in [0.25, 0.3) is 11.3 Å². The Kier molecular flexibility index (Phi) is 7.10. The van der Waals surface area contributed by atoms with Gasteiger partial charge in [0.1, 0.15) is 5.75 Å². The van der Waals surface area contributed by atoms with Crippen molar-refractivity contribution in [3.8, 4) is 17.0 Å². The van der Waals surface area contributed by atoms with Crippen LogP contribution in [0.2, 0.25) is 0 Å². The van der Waals surface area contributed by atoms with Crippen molar-refractivity contribution in [1.29, 1.82) is 0 Å². The van der Waals surface area contributed by atoms with Crippen LogP contribution in [0.15, 0.2) is 65.5 Å². The summed E-state index contributed by atoms with van der Waals surface area (Å²) in [5.41, 5.74) is 1.49. The number of carbonyl (C=O) groups excluding carboxylic acids is 1. The van der Waals surface area contributed by atoms with Gasteiger partial charge in [0, 0.05) is 42.4 Å². The number of rotatable bonds is 9. The SMILES string of the molecule is CCOc1ccc(-c2ccc(=O)n(CCCC(=O)Nc3cccc([N+](=O)[O-])c3)n2)cc1. The number of hydrogen-bond donors (Lipinski definition) is 1. The zero-order valence-electron chi connectivity index (χ0n) is 17.0. The van der Waals surface area contributed by atoms with E-state index in [0.717, 1.165) is 11.3 Å². The summed E-state index contributed by atoms with van der Waals surface area (Å²) in [6.45, 7) is 2.76. The van der Waals surface area contributed by atoms with E-state index < -0.39 is 4.92 Å². The van der Waals surface area contributed by atoms with E-state index in [1.165, 1.54) is 28.9 Å². The van der Waals surface area contributed by atoms with Gasteiger partial charge in [-0.25, -0.2) is 4.68 Å². The molecule has 0 saturated carbocycles. The maximum absolute atomic E-state index is 12.1. The number of nitrogens with zero attached hydrogens (tertiary/aromatic N) is 3. The summed E-state index contributed by atoms with van der Waals surface area (Å²) in [5, 5.41) is 17.8. The molecule has 9 nitrogen and oxygen atoms in total. The van der Waals surface area contributed by atoms with Crippen LogP contribution < -0.4 is 15.6 Å². The van der Waals surface area contributed by atoms with Crippen LogP contribution in [0.1, 0.15) is 19.8 Å². The maximum Gasteiger partial charge on any atom is 0.271 e. The molecule has 0 unspecified atom stereocenters. The Labute approximate surface area is 178 Å². The van der Waals surface area contributed by atoms with E-state index in [0.29, 0.717) is 24.4 Å². The van der Waals surface area contributed by atoms with E-state index in [1.807, 2.05) is 31.2 Å². The van der Waals surface area contributed by atoms with Gasteiger partial charge in [0.2, 0.25) is 5.91 Å². The Balaban J connectivity index is 1.59. The summed E-state index contributed by atoms with van der Waals surface area (Å²) < 4.78 is 6.75. The van der Waals surface area contributed by atoms with Crippen LogP contribution in [-0.4, -0.2) is 27.2 Å². The Hall–Kier alpha value is -4.01. The number of benzene rings is 2. The van der Waals surface area contributed by atoms with E-state index in [2.05, 4.69) is 10.4 Å². The number of aromatic nitrogens is 2. The fraction of sp³-hybridized carbons (Fsp3) is 0.227. The molecule has 1 N–H and O–H groups in total. The lowest BCUT2D eigenvalue weighted by atomic mass is 10.1. The molecule has 0 aliphatic heterocycles. The number of nitro groups is 1. The van der Waals surface area contributed by atoms with Crippen molar-refractivity contribution in [2.45, 2.75) is 26.3 Å². The third-order valence-electron chi connectivity index (χ3n) is 4.44. The fourth-order valence-corrected chi connectivity index (χ4v) is 2.96. The Morgan fingerprint density at radius 2 is 1.94 bits per heavy atom. The van der Waals surface area contributed by atoms with Gasteiger partial charge in [0.05, 0.1) is 17.2 Å². The molecular weight excluding hydrogens is 400 g/mol. The maximum atomic E-state index is 12.1. The molecule has 0 atom stereocenters. The van der Waals surface area contributed by atoms with Crippen molar-refractivity contribution in [2.24, 2.45) is 0 Å². The largest absolute Gasteiger partial charge is 0.494 e. The summed E-state index contributed by atoms with van der Waals surface area (Å²) in [7, 11) is 0. The summed E-state index contributed by atoms with van der Waals surface area (Å²) in [5.74, 6) is 0.463. The van der Waals surface area contributed by atoms with Gasteiger partial charge in [0.25, 0.3) is 11.2 Å². The van der Waals surface area contributed by atoms with Crippen LogP contribution >= 0.6 is 0 Å². The number of aryl methyl sites for hydroxylation is 1. The first-order valence-electron chi connectivity index (χ1n) is 9.82. The zero-order valence-corrected chi connectivity index (χ0v) is 17.0. The van der Waals surface area contributed by atoms with Crippen LogP contribution in [0.5, 0.6) is 5.75 Å². The number of amides is 1. The average molecular weight is 422 g/mol. The predicted octanol–water partition coefficient (Wildman–Crippen LogP) is 3.64. The number of nitro benzene ring substituents is 1. The summed E-state index contributed by atoms with van der Waals surface area (Å²) in [6, 6.07) is 16.3. The Morgan fingerprint density at radius 1 is 1.16 bits per heavy atom. The molecule has 0 aliphatic carbocycles. The second kappa shape index (κ2) is 10.1. The molecule has 0 radical (unpaired) electrons. The molecule has 0 fully saturated rings. The second-order valence-electron chi connectivity index (χ2n) is 6.70. The number of nitrogens with one attached hydrogen (secondary N) is 1. The smallest absolute Gasteiger partial charge is 0.271 e. The molecule has 3 rings (SSSR count). The first kappa shape index (κ1) is 21.7. The molecule has 0 saturated heterocycles. The minimum absolute atomic E-state index is 0.0975. The van der Waals surface area contributed by atoms with Gasteiger partial charge in [-0.15, -0.1) is 0 Å². The molecule has 1 amide bonds. The number of ether oxygens (including phenoxy) is 1. The molecular formula is C22H22N4O5. The van der Waals surface area contributed by atoms with Crippen LogP contribution in [0, 0.1) is 10.1 Å². The highest BCUT2D eigenvalue weighted by Gasteiger charge is 2.09. The standard InChI is InChI=1S/C22H22N4O5/c1-2-31-19-10-8-16(9-11-19)20-12-13-22(28)25(24-20)14-4-7-21(27)23-17-5-3-6-18(15-17)26(29)30/h3,5-6,8-13,15H,2,4,7,14H2,1H3,(H,23,27). The van der Waals surface area contributed by atoms with Crippen molar-refractivity contribution >= 4 is 17.3 Å². The van der Waals surface area contributed by atoms with Crippen molar-refractivity contribution in [2.75, 3.05) is 11.9 Å². The number of hydrogen-bond acceptors (Lipinski definition) is 6. The second-order valence-corrected chi connectivity index (χ2v) is 6.70. The Bertz CT molecular complexity index is 1130. The number of non-ortho nitro benzene ring substituents is 1. The van der Waals surface area contributed by atoms with Gasteiger partial charge < -0.3 is 10.1 Å². The zero-order chi connectivity index (χ0) is 22.2. The van der Waals surface area contributed by atoms with E-state index in [-0.39, 0.29) is 30.1 Å². The molecule has 2 aromatic carbocycles. The lowest BCUT2D eigenvalue weighted by molar-refractivity contribution is -0.384. The van der Waals surface area contributed by atoms with Crippen LogP contribution in [0.3, 0.4) is 0 Å². The summed E-state index contributed by atoms with van der Waals surface area (Å²) in [6.07, 6.45) is 0.532. The lowest BCUT2D eigenvalue weighted by Gasteiger charge is -2.09. The highest BCUT2D eigenvalue weighted by atomic mass is 16.6. The van der Waals surface area contributed by atoms with Gasteiger partial charge in [0.15, 0.2) is 0 Å².